The summed E-state index contributed by atoms with van der Waals surface area (Å²) in [5.74, 6) is -9.16. The van der Waals surface area contributed by atoms with Crippen LogP contribution in [-0.4, -0.2) is 36.0 Å². The Morgan fingerprint density at radius 3 is 2.42 bits per heavy atom. The Balaban J connectivity index is 2.05. The van der Waals surface area contributed by atoms with Crippen LogP contribution >= 0.6 is 0 Å². The van der Waals surface area contributed by atoms with Crippen LogP contribution in [0.1, 0.15) is 5.56 Å². The molecule has 3 nitrogen and oxygen atoms in total. The van der Waals surface area contributed by atoms with Crippen LogP contribution in [-0.2, 0) is 16.1 Å². The van der Waals surface area contributed by atoms with Gasteiger partial charge in [0.2, 0.25) is 6.29 Å². The fourth-order valence-electron chi connectivity index (χ4n) is 1.69. The molecule has 7 heteroatoms. The summed E-state index contributed by atoms with van der Waals surface area (Å²) in [7, 11) is 0. The molecular formula is C12H12F4O3. The summed E-state index contributed by atoms with van der Waals surface area (Å²) in [5.41, 5.74) is 0.577. The van der Waals surface area contributed by atoms with Crippen molar-refractivity contribution in [3.63, 3.8) is 0 Å². The van der Waals surface area contributed by atoms with Crippen molar-refractivity contribution in [1.82, 2.24) is 0 Å². The monoisotopic (exact) mass is 280 g/mol. The van der Waals surface area contributed by atoms with E-state index in [-0.39, 0.29) is 6.61 Å². The third-order valence-corrected chi connectivity index (χ3v) is 2.86. The number of aliphatic hydroxyl groups excluding tert-OH is 1. The molecule has 19 heavy (non-hydrogen) atoms. The van der Waals surface area contributed by atoms with Crippen molar-refractivity contribution in [3.05, 3.63) is 35.9 Å². The van der Waals surface area contributed by atoms with Crippen LogP contribution in [0, 0.1) is 0 Å². The van der Waals surface area contributed by atoms with Gasteiger partial charge in [-0.25, -0.2) is 0 Å². The minimum Gasteiger partial charge on any atom is -0.365 e. The molecule has 1 aromatic carbocycles. The molecule has 1 aromatic rings. The number of hydrogen-bond donors (Lipinski definition) is 1. The van der Waals surface area contributed by atoms with Crippen LogP contribution in [0.2, 0.25) is 0 Å². The first kappa shape index (κ1) is 14.2. The van der Waals surface area contributed by atoms with E-state index in [4.69, 9.17) is 9.84 Å². The summed E-state index contributed by atoms with van der Waals surface area (Å²) in [6.07, 6.45) is -4.93. The van der Waals surface area contributed by atoms with E-state index in [2.05, 4.69) is 4.74 Å². The van der Waals surface area contributed by atoms with E-state index in [0.29, 0.717) is 5.56 Å². The highest BCUT2D eigenvalue weighted by Crippen LogP contribution is 2.44. The van der Waals surface area contributed by atoms with E-state index in [1.807, 2.05) is 0 Å². The second-order valence-electron chi connectivity index (χ2n) is 4.22. The summed E-state index contributed by atoms with van der Waals surface area (Å²) >= 11 is 0. The number of rotatable bonds is 3. The minimum atomic E-state index is -4.67. The van der Waals surface area contributed by atoms with Crippen molar-refractivity contribution >= 4 is 0 Å². The second-order valence-corrected chi connectivity index (χ2v) is 4.22. The van der Waals surface area contributed by atoms with Gasteiger partial charge in [-0.2, -0.15) is 17.6 Å². The molecule has 1 fully saturated rings. The van der Waals surface area contributed by atoms with Crippen molar-refractivity contribution in [3.8, 4) is 0 Å². The number of benzene rings is 1. The Morgan fingerprint density at radius 1 is 1.16 bits per heavy atom. The Labute approximate surface area is 106 Å². The maximum atomic E-state index is 13.5. The van der Waals surface area contributed by atoms with Crippen LogP contribution in [0.15, 0.2) is 30.3 Å². The molecule has 1 aliphatic heterocycles. The predicted octanol–water partition coefficient (Wildman–Crippen LogP) is 2.19. The van der Waals surface area contributed by atoms with Gasteiger partial charge in [-0.1, -0.05) is 30.3 Å². The topological polar surface area (TPSA) is 38.7 Å². The highest BCUT2D eigenvalue weighted by molar-refractivity contribution is 5.13. The van der Waals surface area contributed by atoms with Crippen LogP contribution in [0.5, 0.6) is 0 Å². The predicted molar refractivity (Wildman–Crippen MR) is 56.9 cm³/mol. The van der Waals surface area contributed by atoms with Gasteiger partial charge in [0.1, 0.15) is 0 Å². The molecule has 2 rings (SSSR count). The molecule has 0 amide bonds. The first-order chi connectivity index (χ1) is 8.85. The Bertz CT molecular complexity index is 424. The minimum absolute atomic E-state index is 0.239. The van der Waals surface area contributed by atoms with Gasteiger partial charge in [0.15, 0.2) is 6.10 Å². The van der Waals surface area contributed by atoms with E-state index in [1.165, 1.54) is 0 Å². The molecule has 0 saturated carbocycles. The molecule has 2 atom stereocenters. The maximum absolute atomic E-state index is 13.5. The van der Waals surface area contributed by atoms with Gasteiger partial charge in [0, 0.05) is 0 Å². The SMILES string of the molecule is O[C@H]1OC[C@@H](OCc2ccccc2)C(F)(F)C1(F)F. The molecule has 0 aromatic heterocycles. The lowest BCUT2D eigenvalue weighted by atomic mass is 10.0. The Kier molecular flexibility index (Phi) is 3.80. The van der Waals surface area contributed by atoms with Gasteiger partial charge in [-0.15, -0.1) is 0 Å². The fourth-order valence-corrected chi connectivity index (χ4v) is 1.69. The fraction of sp³-hybridized carbons (Fsp3) is 0.500. The smallest absolute Gasteiger partial charge is 0.362 e. The zero-order valence-corrected chi connectivity index (χ0v) is 9.73. The molecular weight excluding hydrogens is 268 g/mol. The molecule has 1 heterocycles. The molecule has 0 radical (unpaired) electrons. The number of hydrogen-bond acceptors (Lipinski definition) is 3. The van der Waals surface area contributed by atoms with E-state index < -0.39 is 30.8 Å². The van der Waals surface area contributed by atoms with Gasteiger partial charge in [0.25, 0.3) is 0 Å². The second kappa shape index (κ2) is 5.07. The lowest BCUT2D eigenvalue weighted by Crippen LogP contribution is -2.63. The van der Waals surface area contributed by atoms with Gasteiger partial charge >= 0.3 is 11.8 Å². The third-order valence-electron chi connectivity index (χ3n) is 2.86. The van der Waals surface area contributed by atoms with Gasteiger partial charge in [0.05, 0.1) is 13.2 Å². The molecule has 0 bridgehead atoms. The Hall–Kier alpha value is -1.18. The standard InChI is InChI=1S/C12H12F4O3/c13-11(14)9(7-19-10(17)12(11,15)16)18-6-8-4-2-1-3-5-8/h1-5,9-10,17H,6-7H2/t9-,10+/m1/s1. The quantitative estimate of drug-likeness (QED) is 0.863. The van der Waals surface area contributed by atoms with Gasteiger partial charge in [-0.3, -0.25) is 0 Å². The lowest BCUT2D eigenvalue weighted by Gasteiger charge is -2.39. The summed E-state index contributed by atoms with van der Waals surface area (Å²) in [5, 5.41) is 8.77. The molecule has 1 saturated heterocycles. The van der Waals surface area contributed by atoms with E-state index in [9.17, 15) is 17.6 Å². The number of alkyl halides is 4. The summed E-state index contributed by atoms with van der Waals surface area (Å²) in [6.45, 7) is -1.03. The number of ether oxygens (including phenoxy) is 2. The third kappa shape index (κ3) is 2.58. The molecule has 0 spiro atoms. The maximum Gasteiger partial charge on any atom is 0.362 e. The normalized spacial score (nSPS) is 29.1. The molecule has 1 aliphatic rings. The van der Waals surface area contributed by atoms with Crippen LogP contribution < -0.4 is 0 Å². The molecule has 106 valence electrons. The van der Waals surface area contributed by atoms with E-state index in [0.717, 1.165) is 0 Å². The van der Waals surface area contributed by atoms with Gasteiger partial charge < -0.3 is 14.6 Å². The first-order valence-corrected chi connectivity index (χ1v) is 5.56. The van der Waals surface area contributed by atoms with Crippen molar-refractivity contribution in [2.24, 2.45) is 0 Å². The summed E-state index contributed by atoms with van der Waals surface area (Å²) < 4.78 is 62.3. The zero-order valence-electron chi connectivity index (χ0n) is 9.73. The van der Waals surface area contributed by atoms with Crippen molar-refractivity contribution in [1.29, 1.82) is 0 Å². The van der Waals surface area contributed by atoms with E-state index in [1.54, 1.807) is 30.3 Å². The average molecular weight is 280 g/mol. The number of halogens is 4. The lowest BCUT2D eigenvalue weighted by molar-refractivity contribution is -0.381. The van der Waals surface area contributed by atoms with Crippen molar-refractivity contribution in [2.75, 3.05) is 6.61 Å². The molecule has 0 aliphatic carbocycles. The van der Waals surface area contributed by atoms with Crippen LogP contribution in [0.25, 0.3) is 0 Å². The van der Waals surface area contributed by atoms with Crippen molar-refractivity contribution in [2.45, 2.75) is 30.8 Å². The van der Waals surface area contributed by atoms with Gasteiger partial charge in [-0.05, 0) is 5.56 Å². The molecule has 1 N–H and O–H groups in total. The Morgan fingerprint density at radius 2 is 1.79 bits per heavy atom. The van der Waals surface area contributed by atoms with E-state index >= 15 is 0 Å². The van der Waals surface area contributed by atoms with Crippen LogP contribution in [0.3, 0.4) is 0 Å². The summed E-state index contributed by atoms with van der Waals surface area (Å²) in [4.78, 5) is 0. The molecule has 0 unspecified atom stereocenters. The largest absolute Gasteiger partial charge is 0.365 e. The highest BCUT2D eigenvalue weighted by atomic mass is 19.3. The first-order valence-electron chi connectivity index (χ1n) is 5.56. The number of aliphatic hydroxyl groups is 1. The van der Waals surface area contributed by atoms with Crippen LogP contribution in [0.4, 0.5) is 17.6 Å². The summed E-state index contributed by atoms with van der Waals surface area (Å²) in [6, 6.07) is 8.31. The van der Waals surface area contributed by atoms with Crippen molar-refractivity contribution < 1.29 is 32.1 Å². The zero-order chi connectivity index (χ0) is 14.1. The average Bonchev–Trinajstić information content (AvgIpc) is 2.37. The highest BCUT2D eigenvalue weighted by Gasteiger charge is 2.69.